The second kappa shape index (κ2) is 8.00. The van der Waals surface area contributed by atoms with Crippen LogP contribution in [0.25, 0.3) is 0 Å². The number of hydrogen-bond donors (Lipinski definition) is 0. The van der Waals surface area contributed by atoms with Crippen LogP contribution in [0.1, 0.15) is 18.1 Å². The minimum Gasteiger partial charge on any atom is -0.398 e. The highest BCUT2D eigenvalue weighted by atomic mass is 127. The lowest BCUT2D eigenvalue weighted by atomic mass is 10.0. The second-order valence-corrected chi connectivity index (χ2v) is 5.19. The van der Waals surface area contributed by atoms with E-state index in [2.05, 4.69) is 10.1 Å². The maximum atomic E-state index is 12.1. The van der Waals surface area contributed by atoms with Crippen LogP contribution in [0, 0.1) is 0 Å². The van der Waals surface area contributed by atoms with E-state index < -0.39 is 5.91 Å². The summed E-state index contributed by atoms with van der Waals surface area (Å²) in [5, 5.41) is 3.79. The van der Waals surface area contributed by atoms with Crippen LogP contribution in [-0.4, -0.2) is 29.6 Å². The van der Waals surface area contributed by atoms with Gasteiger partial charge in [-0.1, -0.05) is 29.4 Å². The molecule has 102 valence electrons. The molecule has 1 aromatic carbocycles. The van der Waals surface area contributed by atoms with Crippen LogP contribution in [0.15, 0.2) is 34.4 Å². The molecule has 0 radical (unpaired) electrons. The SMILES string of the molecule is COCc1ccccc1/C(=N\OC)C(=O)N=C(C)I. The van der Waals surface area contributed by atoms with Crippen molar-refractivity contribution >= 4 is 37.9 Å². The summed E-state index contributed by atoms with van der Waals surface area (Å²) in [6.07, 6.45) is 0. The van der Waals surface area contributed by atoms with Gasteiger partial charge in [0.05, 0.1) is 10.3 Å². The molecule has 1 rings (SSSR count). The fraction of sp³-hybridized carbons (Fsp3) is 0.308. The third kappa shape index (κ3) is 4.71. The molecule has 0 atom stereocenters. The van der Waals surface area contributed by atoms with Gasteiger partial charge in [0.2, 0.25) is 0 Å². The third-order valence-electron chi connectivity index (χ3n) is 2.21. The Morgan fingerprint density at radius 1 is 1.32 bits per heavy atom. The van der Waals surface area contributed by atoms with Gasteiger partial charge >= 0.3 is 0 Å². The Balaban J connectivity index is 3.24. The van der Waals surface area contributed by atoms with Gasteiger partial charge in [0, 0.05) is 12.7 Å². The standard InChI is InChI=1S/C13H15IN2O3/c1-9(14)15-13(17)12(16-19-3)11-7-5-4-6-10(11)8-18-2/h4-7H,8H2,1-3H3/b15-9?,16-12+. The molecule has 0 unspecified atom stereocenters. The molecule has 0 aliphatic rings. The number of nitrogens with zero attached hydrogens (tertiary/aromatic N) is 2. The molecule has 0 aliphatic carbocycles. The smallest absolute Gasteiger partial charge is 0.300 e. The molecule has 5 nitrogen and oxygen atoms in total. The first kappa shape index (κ1) is 15.8. The number of halogens is 1. The maximum absolute atomic E-state index is 12.1. The zero-order valence-corrected chi connectivity index (χ0v) is 13.2. The number of ether oxygens (including phenoxy) is 1. The largest absolute Gasteiger partial charge is 0.398 e. The number of aliphatic imine (C=N–C) groups is 1. The third-order valence-corrected chi connectivity index (χ3v) is 2.45. The summed E-state index contributed by atoms with van der Waals surface area (Å²) in [5.41, 5.74) is 1.69. The van der Waals surface area contributed by atoms with E-state index in [1.165, 1.54) is 7.11 Å². The monoisotopic (exact) mass is 374 g/mol. The number of benzene rings is 1. The summed E-state index contributed by atoms with van der Waals surface area (Å²) in [6.45, 7) is 2.13. The molecule has 19 heavy (non-hydrogen) atoms. The van der Waals surface area contributed by atoms with Crippen LogP contribution < -0.4 is 0 Å². The van der Waals surface area contributed by atoms with E-state index in [0.717, 1.165) is 5.56 Å². The maximum Gasteiger partial charge on any atom is 0.300 e. The Morgan fingerprint density at radius 3 is 2.58 bits per heavy atom. The highest BCUT2D eigenvalue weighted by Gasteiger charge is 2.17. The van der Waals surface area contributed by atoms with Crippen LogP contribution in [-0.2, 0) is 21.0 Å². The molecule has 0 saturated carbocycles. The Morgan fingerprint density at radius 2 is 2.00 bits per heavy atom. The lowest BCUT2D eigenvalue weighted by molar-refractivity contribution is -0.111. The van der Waals surface area contributed by atoms with E-state index in [1.807, 2.05) is 40.8 Å². The Labute approximate surface area is 125 Å². The van der Waals surface area contributed by atoms with Crippen molar-refractivity contribution in [2.75, 3.05) is 14.2 Å². The average molecular weight is 374 g/mol. The molecule has 0 spiro atoms. The quantitative estimate of drug-likeness (QED) is 0.452. The van der Waals surface area contributed by atoms with E-state index in [-0.39, 0.29) is 5.71 Å². The fourth-order valence-corrected chi connectivity index (χ4v) is 1.74. The zero-order valence-electron chi connectivity index (χ0n) is 11.0. The summed E-state index contributed by atoms with van der Waals surface area (Å²) in [7, 11) is 2.99. The molecule has 0 heterocycles. The normalized spacial score (nSPS) is 12.4. The van der Waals surface area contributed by atoms with Gasteiger partial charge in [-0.15, -0.1) is 0 Å². The summed E-state index contributed by atoms with van der Waals surface area (Å²) in [5.74, 6) is -0.433. The average Bonchev–Trinajstić information content (AvgIpc) is 2.36. The van der Waals surface area contributed by atoms with Crippen molar-refractivity contribution in [2.24, 2.45) is 10.1 Å². The number of oxime groups is 1. The van der Waals surface area contributed by atoms with Gasteiger partial charge in [0.15, 0.2) is 5.71 Å². The molecular formula is C13H15IN2O3. The molecule has 0 saturated heterocycles. The highest BCUT2D eigenvalue weighted by molar-refractivity contribution is 14.1. The number of carbonyl (C=O) groups is 1. The number of hydrogen-bond acceptors (Lipinski definition) is 4. The van der Waals surface area contributed by atoms with Crippen LogP contribution >= 0.6 is 22.6 Å². The lowest BCUT2D eigenvalue weighted by Gasteiger charge is -2.08. The van der Waals surface area contributed by atoms with Crippen molar-refractivity contribution in [3.8, 4) is 0 Å². The number of methoxy groups -OCH3 is 1. The van der Waals surface area contributed by atoms with Crippen molar-refractivity contribution in [1.29, 1.82) is 0 Å². The van der Waals surface area contributed by atoms with Crippen LogP contribution in [0.4, 0.5) is 0 Å². The van der Waals surface area contributed by atoms with Gasteiger partial charge in [-0.25, -0.2) is 4.99 Å². The molecule has 6 heteroatoms. The first-order valence-electron chi connectivity index (χ1n) is 5.53. The Hall–Kier alpha value is -1.28. The summed E-state index contributed by atoms with van der Waals surface area (Å²) >= 11 is 1.97. The van der Waals surface area contributed by atoms with Gasteiger partial charge in [0.1, 0.15) is 7.11 Å². The molecule has 0 aliphatic heterocycles. The number of carbonyl (C=O) groups excluding carboxylic acids is 1. The van der Waals surface area contributed by atoms with Crippen LogP contribution in [0.3, 0.4) is 0 Å². The number of rotatable bonds is 5. The highest BCUT2D eigenvalue weighted by Crippen LogP contribution is 2.13. The van der Waals surface area contributed by atoms with Gasteiger partial charge in [-0.3, -0.25) is 4.79 Å². The molecule has 0 aromatic heterocycles. The van der Waals surface area contributed by atoms with E-state index in [1.54, 1.807) is 20.1 Å². The molecule has 0 fully saturated rings. The summed E-state index contributed by atoms with van der Waals surface area (Å²) in [4.78, 5) is 20.7. The van der Waals surface area contributed by atoms with Crippen molar-refractivity contribution in [3.63, 3.8) is 0 Å². The van der Waals surface area contributed by atoms with Gasteiger partial charge in [-0.2, -0.15) is 0 Å². The minimum atomic E-state index is -0.433. The van der Waals surface area contributed by atoms with Crippen LogP contribution in [0.5, 0.6) is 0 Å². The molecule has 1 amide bonds. The topological polar surface area (TPSA) is 60.2 Å². The second-order valence-electron chi connectivity index (χ2n) is 3.63. The van der Waals surface area contributed by atoms with E-state index in [4.69, 9.17) is 9.57 Å². The molecule has 1 aromatic rings. The molecular weight excluding hydrogens is 359 g/mol. The minimum absolute atomic E-state index is 0.172. The summed E-state index contributed by atoms with van der Waals surface area (Å²) in [6, 6.07) is 7.37. The Bertz CT molecular complexity index is 508. The van der Waals surface area contributed by atoms with Crippen molar-refractivity contribution in [1.82, 2.24) is 0 Å². The lowest BCUT2D eigenvalue weighted by Crippen LogP contribution is -2.16. The zero-order chi connectivity index (χ0) is 14.3. The predicted octanol–water partition coefficient (Wildman–Crippen LogP) is 2.56. The van der Waals surface area contributed by atoms with Gasteiger partial charge < -0.3 is 9.57 Å². The fourth-order valence-electron chi connectivity index (χ4n) is 1.52. The first-order chi connectivity index (χ1) is 9.10. The number of amides is 1. The Kier molecular flexibility index (Phi) is 6.65. The van der Waals surface area contributed by atoms with E-state index in [9.17, 15) is 4.79 Å². The van der Waals surface area contributed by atoms with Crippen LogP contribution in [0.2, 0.25) is 0 Å². The van der Waals surface area contributed by atoms with Crippen molar-refractivity contribution < 1.29 is 14.4 Å². The molecule has 0 N–H and O–H groups in total. The first-order valence-corrected chi connectivity index (χ1v) is 6.61. The summed E-state index contributed by atoms with van der Waals surface area (Å²) < 4.78 is 5.75. The predicted molar refractivity (Wildman–Crippen MR) is 82.8 cm³/mol. The van der Waals surface area contributed by atoms with Gasteiger partial charge in [-0.05, 0) is 35.1 Å². The van der Waals surface area contributed by atoms with Crippen molar-refractivity contribution in [2.45, 2.75) is 13.5 Å². The van der Waals surface area contributed by atoms with E-state index in [0.29, 0.717) is 15.9 Å². The van der Waals surface area contributed by atoms with E-state index >= 15 is 0 Å². The van der Waals surface area contributed by atoms with Gasteiger partial charge in [0.25, 0.3) is 5.91 Å². The molecule has 0 bridgehead atoms. The van der Waals surface area contributed by atoms with Crippen molar-refractivity contribution in [3.05, 3.63) is 35.4 Å².